The first kappa shape index (κ1) is 20.7. The molecule has 0 saturated heterocycles. The van der Waals surface area contributed by atoms with E-state index in [-0.39, 0.29) is 18.3 Å². The van der Waals surface area contributed by atoms with Crippen LogP contribution in [-0.4, -0.2) is 12.1 Å². The number of hydrogen-bond acceptors (Lipinski definition) is 3. The van der Waals surface area contributed by atoms with Crippen LogP contribution in [-0.2, 0) is 6.61 Å². The summed E-state index contributed by atoms with van der Waals surface area (Å²) in [6, 6.07) is 19.2. The fraction of sp³-hybridized carbons (Fsp3) is 0.0476. The molecule has 0 aliphatic carbocycles. The summed E-state index contributed by atoms with van der Waals surface area (Å²) in [4.78, 5) is 12.0. The number of hydrogen-bond donors (Lipinski definition) is 1. The Bertz CT molecular complexity index is 987. The van der Waals surface area contributed by atoms with Crippen LogP contribution in [0.25, 0.3) is 0 Å². The van der Waals surface area contributed by atoms with Gasteiger partial charge < -0.3 is 4.74 Å². The van der Waals surface area contributed by atoms with Gasteiger partial charge in [-0.3, -0.25) is 4.79 Å². The summed E-state index contributed by atoms with van der Waals surface area (Å²) in [5.41, 5.74) is 4.37. The molecule has 0 spiro atoms. The van der Waals surface area contributed by atoms with Crippen molar-refractivity contribution in [1.29, 1.82) is 0 Å². The van der Waals surface area contributed by atoms with Crippen LogP contribution in [0.1, 0.15) is 21.5 Å². The second kappa shape index (κ2) is 9.97. The molecule has 1 amide bonds. The molecule has 0 heterocycles. The molecule has 4 nitrogen and oxygen atoms in total. The molecule has 0 unspecified atom stereocenters. The Morgan fingerprint density at radius 1 is 1.04 bits per heavy atom. The lowest BCUT2D eigenvalue weighted by atomic mass is 10.2. The summed E-state index contributed by atoms with van der Waals surface area (Å²) < 4.78 is 21.3. The monoisotopic (exact) mass is 600 g/mol. The lowest BCUT2D eigenvalue weighted by Gasteiger charge is -2.12. The first-order chi connectivity index (χ1) is 13.5. The Kier molecular flexibility index (Phi) is 7.37. The number of benzene rings is 3. The Hall–Kier alpha value is -2.01. The third kappa shape index (κ3) is 5.51. The van der Waals surface area contributed by atoms with Crippen molar-refractivity contribution in [3.8, 4) is 5.75 Å². The predicted octanol–water partition coefficient (Wildman–Crippen LogP) is 5.38. The maximum Gasteiger partial charge on any atom is 0.271 e. The van der Waals surface area contributed by atoms with Crippen molar-refractivity contribution >= 4 is 57.3 Å². The minimum Gasteiger partial charge on any atom is -0.487 e. The lowest BCUT2D eigenvalue weighted by molar-refractivity contribution is 0.0955. The number of nitrogens with one attached hydrogen (secondary N) is 1. The SMILES string of the molecule is O=C(N/N=C/c1cc(I)c(OCc2ccccc2F)c(I)c1)c1ccccc1. The Balaban J connectivity index is 1.66. The summed E-state index contributed by atoms with van der Waals surface area (Å²) in [7, 11) is 0. The van der Waals surface area contributed by atoms with Crippen LogP contribution in [0.5, 0.6) is 5.75 Å². The highest BCUT2D eigenvalue weighted by atomic mass is 127. The Morgan fingerprint density at radius 3 is 2.36 bits per heavy atom. The molecule has 0 aliphatic heterocycles. The molecule has 3 aromatic carbocycles. The van der Waals surface area contributed by atoms with Crippen LogP contribution in [0.4, 0.5) is 4.39 Å². The number of halogens is 3. The second-order valence-electron chi connectivity index (χ2n) is 5.76. The van der Waals surface area contributed by atoms with Gasteiger partial charge in [0.15, 0.2) is 0 Å². The van der Waals surface area contributed by atoms with E-state index in [1.165, 1.54) is 6.07 Å². The van der Waals surface area contributed by atoms with Gasteiger partial charge in [0.05, 0.1) is 13.4 Å². The molecule has 0 saturated carbocycles. The van der Waals surface area contributed by atoms with E-state index in [0.717, 1.165) is 12.7 Å². The zero-order valence-electron chi connectivity index (χ0n) is 14.5. The number of nitrogens with zero attached hydrogens (tertiary/aromatic N) is 1. The fourth-order valence-electron chi connectivity index (χ4n) is 2.38. The molecule has 28 heavy (non-hydrogen) atoms. The standard InChI is InChI=1S/C21H15FI2N2O2/c22-17-9-5-4-8-16(17)13-28-20-18(23)10-14(11-19(20)24)12-25-26-21(27)15-6-2-1-3-7-15/h1-12H,13H2,(H,26,27)/b25-12+. The number of carbonyl (C=O) groups excluding carboxylic acids is 1. The topological polar surface area (TPSA) is 50.7 Å². The van der Waals surface area contributed by atoms with Crippen molar-refractivity contribution < 1.29 is 13.9 Å². The van der Waals surface area contributed by atoms with E-state index >= 15 is 0 Å². The molecule has 0 fully saturated rings. The number of carbonyl (C=O) groups is 1. The van der Waals surface area contributed by atoms with Gasteiger partial charge in [0.2, 0.25) is 0 Å². The number of rotatable bonds is 6. The van der Waals surface area contributed by atoms with Crippen LogP contribution in [0, 0.1) is 13.0 Å². The highest BCUT2D eigenvalue weighted by Gasteiger charge is 2.10. The first-order valence-electron chi connectivity index (χ1n) is 8.28. The minimum absolute atomic E-state index is 0.152. The lowest BCUT2D eigenvalue weighted by Crippen LogP contribution is -2.17. The molecule has 0 aromatic heterocycles. The first-order valence-corrected chi connectivity index (χ1v) is 10.4. The van der Waals surface area contributed by atoms with Crippen molar-refractivity contribution in [3.05, 3.63) is 96.4 Å². The third-order valence-corrected chi connectivity index (χ3v) is 5.37. The third-order valence-electron chi connectivity index (χ3n) is 3.77. The van der Waals surface area contributed by atoms with Gasteiger partial charge in [-0.05, 0) is 81.1 Å². The van der Waals surface area contributed by atoms with Crippen molar-refractivity contribution in [2.24, 2.45) is 5.10 Å². The molecule has 3 aromatic rings. The predicted molar refractivity (Wildman–Crippen MR) is 124 cm³/mol. The quantitative estimate of drug-likeness (QED) is 0.235. The van der Waals surface area contributed by atoms with Gasteiger partial charge in [0.25, 0.3) is 5.91 Å². The van der Waals surface area contributed by atoms with Crippen LogP contribution < -0.4 is 10.2 Å². The molecule has 142 valence electrons. The van der Waals surface area contributed by atoms with Gasteiger partial charge in [0.1, 0.15) is 18.2 Å². The summed E-state index contributed by atoms with van der Waals surface area (Å²) in [5, 5.41) is 4.01. The molecule has 3 rings (SSSR count). The van der Waals surface area contributed by atoms with Crippen LogP contribution in [0.15, 0.2) is 71.8 Å². The van der Waals surface area contributed by atoms with E-state index in [4.69, 9.17) is 4.74 Å². The van der Waals surface area contributed by atoms with E-state index in [1.807, 2.05) is 18.2 Å². The van der Waals surface area contributed by atoms with Crippen molar-refractivity contribution in [3.63, 3.8) is 0 Å². The Labute approximate surface area is 189 Å². The van der Waals surface area contributed by atoms with Crippen LogP contribution >= 0.6 is 45.2 Å². The minimum atomic E-state index is -0.287. The van der Waals surface area contributed by atoms with Crippen molar-refractivity contribution in [2.45, 2.75) is 6.61 Å². The van der Waals surface area contributed by atoms with Crippen molar-refractivity contribution in [2.75, 3.05) is 0 Å². The number of ether oxygens (including phenoxy) is 1. The maximum absolute atomic E-state index is 13.7. The smallest absolute Gasteiger partial charge is 0.271 e. The van der Waals surface area contributed by atoms with Gasteiger partial charge in [-0.2, -0.15) is 5.10 Å². The van der Waals surface area contributed by atoms with Crippen LogP contribution in [0.3, 0.4) is 0 Å². The largest absolute Gasteiger partial charge is 0.487 e. The summed E-state index contributed by atoms with van der Waals surface area (Å²) in [6.45, 7) is 0.152. The second-order valence-corrected chi connectivity index (χ2v) is 8.08. The van der Waals surface area contributed by atoms with E-state index in [0.29, 0.717) is 16.9 Å². The molecule has 7 heteroatoms. The molecule has 1 N–H and O–H groups in total. The zero-order chi connectivity index (χ0) is 19.9. The summed E-state index contributed by atoms with van der Waals surface area (Å²) >= 11 is 4.33. The molecule has 0 atom stereocenters. The van der Waals surface area contributed by atoms with E-state index in [2.05, 4.69) is 55.7 Å². The maximum atomic E-state index is 13.7. The summed E-state index contributed by atoms with van der Waals surface area (Å²) in [5.74, 6) is 0.131. The normalized spacial score (nSPS) is 10.8. The molecule has 0 radical (unpaired) electrons. The zero-order valence-corrected chi connectivity index (χ0v) is 18.8. The molecular weight excluding hydrogens is 585 g/mol. The van der Waals surface area contributed by atoms with Gasteiger partial charge in [-0.1, -0.05) is 36.4 Å². The Morgan fingerprint density at radius 2 is 1.68 bits per heavy atom. The van der Waals surface area contributed by atoms with E-state index in [1.54, 1.807) is 48.7 Å². The van der Waals surface area contributed by atoms with Gasteiger partial charge in [-0.15, -0.1) is 0 Å². The average Bonchev–Trinajstić information content (AvgIpc) is 2.69. The molecular formula is C21H15FI2N2O2. The van der Waals surface area contributed by atoms with Gasteiger partial charge >= 0.3 is 0 Å². The fourth-order valence-corrected chi connectivity index (χ4v) is 4.50. The van der Waals surface area contributed by atoms with Gasteiger partial charge in [-0.25, -0.2) is 9.82 Å². The summed E-state index contributed by atoms with van der Waals surface area (Å²) in [6.07, 6.45) is 1.58. The average molecular weight is 600 g/mol. The van der Waals surface area contributed by atoms with E-state index in [9.17, 15) is 9.18 Å². The van der Waals surface area contributed by atoms with Crippen LogP contribution in [0.2, 0.25) is 0 Å². The van der Waals surface area contributed by atoms with E-state index < -0.39 is 0 Å². The highest BCUT2D eigenvalue weighted by Crippen LogP contribution is 2.29. The molecule has 0 aliphatic rings. The number of hydrazone groups is 1. The highest BCUT2D eigenvalue weighted by molar-refractivity contribution is 14.1. The molecule has 0 bridgehead atoms. The van der Waals surface area contributed by atoms with Crippen molar-refractivity contribution in [1.82, 2.24) is 5.43 Å². The van der Waals surface area contributed by atoms with Gasteiger partial charge in [0, 0.05) is 11.1 Å². The number of amides is 1.